The molecule has 0 radical (unpaired) electrons. The minimum absolute atomic E-state index is 0.190. The number of hydrogen-bond acceptors (Lipinski definition) is 4. The van der Waals surface area contributed by atoms with Crippen LogP contribution in [-0.4, -0.2) is 35.7 Å². The molecule has 1 aromatic rings. The van der Waals surface area contributed by atoms with Crippen LogP contribution in [0.15, 0.2) is 30.3 Å². The average Bonchev–Trinajstić information content (AvgIpc) is 2.66. The highest BCUT2D eigenvalue weighted by Gasteiger charge is 2.45. The molecule has 1 saturated heterocycles. The molecule has 1 aliphatic heterocycles. The highest BCUT2D eigenvalue weighted by molar-refractivity contribution is 5.73. The average molecular weight is 266 g/mol. The Morgan fingerprint density at radius 2 is 2.00 bits per heavy atom. The second-order valence-electron chi connectivity index (χ2n) is 4.93. The summed E-state index contributed by atoms with van der Waals surface area (Å²) < 4.78 is 16.4. The molecule has 1 aliphatic rings. The van der Waals surface area contributed by atoms with Gasteiger partial charge in [-0.05, 0) is 19.4 Å². The first-order chi connectivity index (χ1) is 8.98. The summed E-state index contributed by atoms with van der Waals surface area (Å²) in [5.41, 5.74) is 1.03. The van der Waals surface area contributed by atoms with Gasteiger partial charge in [0.25, 0.3) is 0 Å². The Morgan fingerprint density at radius 3 is 2.63 bits per heavy atom. The molecule has 1 fully saturated rings. The topological polar surface area (TPSA) is 65.0 Å². The lowest BCUT2D eigenvalue weighted by molar-refractivity contribution is -0.166. The van der Waals surface area contributed by atoms with E-state index in [0.717, 1.165) is 5.56 Å². The summed E-state index contributed by atoms with van der Waals surface area (Å²) in [5.74, 6) is -1.91. The lowest BCUT2D eigenvalue weighted by Gasteiger charge is -2.16. The van der Waals surface area contributed by atoms with E-state index in [9.17, 15) is 4.79 Å². The third-order valence-corrected chi connectivity index (χ3v) is 2.82. The summed E-state index contributed by atoms with van der Waals surface area (Å²) >= 11 is 0. The second kappa shape index (κ2) is 5.69. The molecule has 0 bridgehead atoms. The summed E-state index contributed by atoms with van der Waals surface area (Å²) in [7, 11) is 0. The molecule has 0 aliphatic carbocycles. The van der Waals surface area contributed by atoms with Crippen molar-refractivity contribution in [3.63, 3.8) is 0 Å². The van der Waals surface area contributed by atoms with E-state index in [1.165, 1.54) is 0 Å². The molecule has 2 rings (SSSR count). The summed E-state index contributed by atoms with van der Waals surface area (Å²) in [4.78, 5) is 11.1. The number of benzene rings is 1. The number of rotatable bonds is 5. The minimum Gasteiger partial charge on any atom is -0.479 e. The number of carboxylic acids is 1. The molecular weight excluding hydrogens is 248 g/mol. The molecule has 0 spiro atoms. The van der Waals surface area contributed by atoms with Gasteiger partial charge in [0.15, 0.2) is 11.9 Å². The van der Waals surface area contributed by atoms with Crippen LogP contribution in [-0.2, 0) is 25.6 Å². The zero-order valence-electron chi connectivity index (χ0n) is 11.0. The van der Waals surface area contributed by atoms with E-state index in [0.29, 0.717) is 6.61 Å². The van der Waals surface area contributed by atoms with Gasteiger partial charge in [-0.25, -0.2) is 4.79 Å². The third kappa shape index (κ3) is 3.76. The summed E-state index contributed by atoms with van der Waals surface area (Å²) in [6.45, 7) is 4.00. The Kier molecular flexibility index (Phi) is 4.19. The Bertz CT molecular complexity index is 429. The van der Waals surface area contributed by atoms with Crippen molar-refractivity contribution in [3.05, 3.63) is 35.9 Å². The molecular formula is C14H18O5. The molecule has 104 valence electrons. The van der Waals surface area contributed by atoms with Gasteiger partial charge in [0, 0.05) is 0 Å². The van der Waals surface area contributed by atoms with Crippen LogP contribution in [0.3, 0.4) is 0 Å². The molecule has 19 heavy (non-hydrogen) atoms. The van der Waals surface area contributed by atoms with Gasteiger partial charge in [0.1, 0.15) is 6.10 Å². The number of ether oxygens (including phenoxy) is 3. The fraction of sp³-hybridized carbons (Fsp3) is 0.500. The van der Waals surface area contributed by atoms with E-state index in [2.05, 4.69) is 0 Å². The zero-order chi connectivity index (χ0) is 13.9. The zero-order valence-corrected chi connectivity index (χ0v) is 11.0. The van der Waals surface area contributed by atoms with Crippen molar-refractivity contribution < 1.29 is 24.1 Å². The van der Waals surface area contributed by atoms with Gasteiger partial charge in [-0.1, -0.05) is 30.3 Å². The Morgan fingerprint density at radius 1 is 1.32 bits per heavy atom. The van der Waals surface area contributed by atoms with Gasteiger partial charge in [0.05, 0.1) is 13.2 Å². The quantitative estimate of drug-likeness (QED) is 0.880. The van der Waals surface area contributed by atoms with E-state index in [1.807, 2.05) is 30.3 Å². The molecule has 1 heterocycles. The van der Waals surface area contributed by atoms with Crippen LogP contribution < -0.4 is 0 Å². The molecule has 0 aromatic heterocycles. The number of carboxylic acid groups (broad SMARTS) is 1. The predicted molar refractivity (Wildman–Crippen MR) is 67.6 cm³/mol. The number of hydrogen-bond donors (Lipinski definition) is 1. The molecule has 5 heteroatoms. The predicted octanol–water partition coefficient (Wildman–Crippen LogP) is 1.81. The van der Waals surface area contributed by atoms with Crippen LogP contribution in [0.1, 0.15) is 19.4 Å². The molecule has 5 nitrogen and oxygen atoms in total. The van der Waals surface area contributed by atoms with E-state index in [4.69, 9.17) is 19.3 Å². The maximum Gasteiger partial charge on any atom is 0.335 e. The maximum atomic E-state index is 11.1. The third-order valence-electron chi connectivity index (χ3n) is 2.82. The first-order valence-corrected chi connectivity index (χ1v) is 6.18. The second-order valence-corrected chi connectivity index (χ2v) is 4.93. The number of carbonyl (C=O) groups is 1. The Labute approximate surface area is 112 Å². The SMILES string of the molecule is CC1(C)O[C@@H](COCc2ccccc2)[C@@H](C(=O)O)O1. The normalized spacial score (nSPS) is 25.4. The fourth-order valence-electron chi connectivity index (χ4n) is 2.03. The maximum absolute atomic E-state index is 11.1. The first kappa shape index (κ1) is 14.0. The van der Waals surface area contributed by atoms with E-state index in [-0.39, 0.29) is 6.61 Å². The van der Waals surface area contributed by atoms with Crippen molar-refractivity contribution in [1.29, 1.82) is 0 Å². The van der Waals surface area contributed by atoms with Crippen LogP contribution in [0.5, 0.6) is 0 Å². The summed E-state index contributed by atoms with van der Waals surface area (Å²) in [5, 5.41) is 9.07. The van der Waals surface area contributed by atoms with E-state index in [1.54, 1.807) is 13.8 Å². The van der Waals surface area contributed by atoms with Gasteiger partial charge >= 0.3 is 5.97 Å². The Balaban J connectivity index is 1.86. The van der Waals surface area contributed by atoms with Crippen molar-refractivity contribution in [3.8, 4) is 0 Å². The molecule has 0 unspecified atom stereocenters. The largest absolute Gasteiger partial charge is 0.479 e. The van der Waals surface area contributed by atoms with Crippen molar-refractivity contribution in [2.45, 2.75) is 38.4 Å². The van der Waals surface area contributed by atoms with Crippen molar-refractivity contribution in [2.24, 2.45) is 0 Å². The summed E-state index contributed by atoms with van der Waals surface area (Å²) in [6, 6.07) is 9.68. The van der Waals surface area contributed by atoms with Gasteiger partial charge in [-0.3, -0.25) is 0 Å². The van der Waals surface area contributed by atoms with Crippen LogP contribution in [0, 0.1) is 0 Å². The van der Waals surface area contributed by atoms with Crippen LogP contribution in [0.2, 0.25) is 0 Å². The fourth-order valence-corrected chi connectivity index (χ4v) is 2.03. The van der Waals surface area contributed by atoms with Crippen molar-refractivity contribution in [1.82, 2.24) is 0 Å². The van der Waals surface area contributed by atoms with E-state index >= 15 is 0 Å². The van der Waals surface area contributed by atoms with Crippen molar-refractivity contribution >= 4 is 5.97 Å². The first-order valence-electron chi connectivity index (χ1n) is 6.18. The standard InChI is InChI=1S/C14H18O5/c1-14(2)18-11(12(19-14)13(15)16)9-17-8-10-6-4-3-5-7-10/h3-7,11-12H,8-9H2,1-2H3,(H,15,16)/t11-,12-/m0/s1. The van der Waals surface area contributed by atoms with Crippen LogP contribution in [0.4, 0.5) is 0 Å². The minimum atomic E-state index is -1.03. The number of aliphatic carboxylic acids is 1. The lowest BCUT2D eigenvalue weighted by atomic mass is 10.2. The Hall–Kier alpha value is -1.43. The molecule has 1 N–H and O–H groups in total. The summed E-state index contributed by atoms with van der Waals surface area (Å²) in [6.07, 6.45) is -1.57. The molecule has 2 atom stereocenters. The van der Waals surface area contributed by atoms with E-state index < -0.39 is 24.0 Å². The lowest BCUT2D eigenvalue weighted by Crippen LogP contribution is -2.34. The highest BCUT2D eigenvalue weighted by atomic mass is 16.8. The molecule has 0 amide bonds. The van der Waals surface area contributed by atoms with Crippen LogP contribution in [0.25, 0.3) is 0 Å². The van der Waals surface area contributed by atoms with Gasteiger partial charge < -0.3 is 19.3 Å². The van der Waals surface area contributed by atoms with Gasteiger partial charge in [0.2, 0.25) is 0 Å². The van der Waals surface area contributed by atoms with Gasteiger partial charge in [-0.15, -0.1) is 0 Å². The smallest absolute Gasteiger partial charge is 0.335 e. The molecule has 1 aromatic carbocycles. The van der Waals surface area contributed by atoms with Gasteiger partial charge in [-0.2, -0.15) is 0 Å². The molecule has 0 saturated carbocycles. The highest BCUT2D eigenvalue weighted by Crippen LogP contribution is 2.28. The van der Waals surface area contributed by atoms with Crippen molar-refractivity contribution in [2.75, 3.05) is 6.61 Å². The van der Waals surface area contributed by atoms with Crippen LogP contribution >= 0.6 is 0 Å². The monoisotopic (exact) mass is 266 g/mol.